The second-order valence-corrected chi connectivity index (χ2v) is 12.3. The zero-order valence-electron chi connectivity index (χ0n) is 23.9. The number of ether oxygens (including phenoxy) is 2. The van der Waals surface area contributed by atoms with Crippen molar-refractivity contribution in [3.8, 4) is 5.75 Å². The van der Waals surface area contributed by atoms with E-state index in [9.17, 15) is 14.4 Å². The normalized spacial score (nSPS) is 12.8. The monoisotopic (exact) mass is 564 g/mol. The second kappa shape index (κ2) is 14.7. The largest absolute Gasteiger partial charge is 0.489 e. The van der Waals surface area contributed by atoms with Gasteiger partial charge in [-0.15, -0.1) is 11.3 Å². The number of esters is 1. The van der Waals surface area contributed by atoms with E-state index in [1.165, 1.54) is 11.3 Å². The predicted octanol–water partition coefficient (Wildman–Crippen LogP) is 5.47. The summed E-state index contributed by atoms with van der Waals surface area (Å²) in [6, 6.07) is 19.4. The van der Waals surface area contributed by atoms with Crippen LogP contribution in [0, 0.1) is 5.92 Å². The fraction of sp³-hybridized carbons (Fsp3) is 0.406. The van der Waals surface area contributed by atoms with Gasteiger partial charge in [0.25, 0.3) is 0 Å². The molecule has 214 valence electrons. The summed E-state index contributed by atoms with van der Waals surface area (Å²) in [4.78, 5) is 40.2. The van der Waals surface area contributed by atoms with Crippen LogP contribution in [0.25, 0.3) is 0 Å². The Labute approximate surface area is 241 Å². The number of rotatable bonds is 13. The van der Waals surface area contributed by atoms with Gasteiger partial charge in [-0.2, -0.15) is 0 Å². The zero-order chi connectivity index (χ0) is 29.1. The van der Waals surface area contributed by atoms with Crippen LogP contribution >= 0.6 is 11.3 Å². The first-order valence-corrected chi connectivity index (χ1v) is 14.5. The zero-order valence-corrected chi connectivity index (χ0v) is 24.8. The second-order valence-electron chi connectivity index (χ2n) is 11.2. The van der Waals surface area contributed by atoms with E-state index >= 15 is 0 Å². The van der Waals surface area contributed by atoms with Gasteiger partial charge in [-0.1, -0.05) is 62.4 Å². The molecule has 0 bridgehead atoms. The molecule has 1 heterocycles. The summed E-state index contributed by atoms with van der Waals surface area (Å²) in [6.45, 7) is 9.78. The third-order valence-corrected chi connectivity index (χ3v) is 6.77. The molecule has 0 radical (unpaired) electrons. The Morgan fingerprint density at radius 2 is 1.55 bits per heavy atom. The van der Waals surface area contributed by atoms with E-state index in [2.05, 4.69) is 10.6 Å². The molecule has 2 aromatic carbocycles. The number of carbonyl (C=O) groups is 3. The van der Waals surface area contributed by atoms with Gasteiger partial charge >= 0.3 is 5.97 Å². The number of amides is 2. The van der Waals surface area contributed by atoms with Crippen LogP contribution in [0.4, 0.5) is 0 Å². The Kier molecular flexibility index (Phi) is 11.3. The maximum absolute atomic E-state index is 13.4. The highest BCUT2D eigenvalue weighted by Gasteiger charge is 2.30. The SMILES string of the molecule is CC(C)CC(NC(=O)Cc1cccs1)C(=O)NC(Cc1ccc(OCc2ccccc2)cc1)C(=O)OC(C)(C)C. The van der Waals surface area contributed by atoms with Gasteiger partial charge in [0.15, 0.2) is 0 Å². The molecule has 1 aromatic heterocycles. The summed E-state index contributed by atoms with van der Waals surface area (Å²) in [5.41, 5.74) is 1.18. The molecule has 2 atom stereocenters. The summed E-state index contributed by atoms with van der Waals surface area (Å²) in [6.07, 6.45) is 0.876. The fourth-order valence-electron chi connectivity index (χ4n) is 4.06. The highest BCUT2D eigenvalue weighted by atomic mass is 32.1. The molecule has 3 rings (SSSR count). The third kappa shape index (κ3) is 10.8. The molecule has 2 amide bonds. The van der Waals surface area contributed by atoms with Gasteiger partial charge in [0, 0.05) is 11.3 Å². The lowest BCUT2D eigenvalue weighted by atomic mass is 10.0. The number of nitrogens with one attached hydrogen (secondary N) is 2. The van der Waals surface area contributed by atoms with E-state index < -0.39 is 29.6 Å². The van der Waals surface area contributed by atoms with Gasteiger partial charge in [0.1, 0.15) is 30.0 Å². The molecule has 0 spiro atoms. The van der Waals surface area contributed by atoms with Crippen molar-refractivity contribution in [2.75, 3.05) is 0 Å². The number of thiophene rings is 1. The Morgan fingerprint density at radius 3 is 2.15 bits per heavy atom. The van der Waals surface area contributed by atoms with Gasteiger partial charge in [0.05, 0.1) is 6.42 Å². The molecule has 40 heavy (non-hydrogen) atoms. The van der Waals surface area contributed by atoms with E-state index in [1.807, 2.05) is 86.0 Å². The third-order valence-electron chi connectivity index (χ3n) is 5.89. The average Bonchev–Trinajstić information content (AvgIpc) is 3.39. The van der Waals surface area contributed by atoms with E-state index in [4.69, 9.17) is 9.47 Å². The molecule has 0 aliphatic rings. The molecule has 2 unspecified atom stereocenters. The number of carbonyl (C=O) groups excluding carboxylic acids is 3. The summed E-state index contributed by atoms with van der Waals surface area (Å²) >= 11 is 1.49. The number of hydrogen-bond donors (Lipinski definition) is 2. The standard InChI is InChI=1S/C32H40N2O5S/c1-22(2)18-27(33-29(35)20-26-12-9-17-40-26)30(36)34-28(31(37)39-32(3,4)5)19-23-13-15-25(16-14-23)38-21-24-10-7-6-8-11-24/h6-17,22,27-28H,18-21H2,1-5H3,(H,33,35)(H,34,36). The van der Waals surface area contributed by atoms with Crippen molar-refractivity contribution in [3.63, 3.8) is 0 Å². The van der Waals surface area contributed by atoms with Crippen molar-refractivity contribution in [3.05, 3.63) is 88.1 Å². The average molecular weight is 565 g/mol. The van der Waals surface area contributed by atoms with Gasteiger partial charge in [0.2, 0.25) is 11.8 Å². The summed E-state index contributed by atoms with van der Waals surface area (Å²) in [5, 5.41) is 7.64. The highest BCUT2D eigenvalue weighted by molar-refractivity contribution is 7.10. The predicted molar refractivity (Wildman–Crippen MR) is 158 cm³/mol. The molecular formula is C32H40N2O5S. The first kappa shape index (κ1) is 30.9. The van der Waals surface area contributed by atoms with E-state index in [0.717, 1.165) is 16.0 Å². The number of hydrogen-bond acceptors (Lipinski definition) is 6. The van der Waals surface area contributed by atoms with Gasteiger partial charge in [-0.25, -0.2) is 4.79 Å². The molecule has 2 N–H and O–H groups in total. The van der Waals surface area contributed by atoms with Crippen LogP contribution in [-0.2, 0) is 38.6 Å². The van der Waals surface area contributed by atoms with Crippen LogP contribution < -0.4 is 15.4 Å². The van der Waals surface area contributed by atoms with Gasteiger partial charge < -0.3 is 20.1 Å². The maximum Gasteiger partial charge on any atom is 0.329 e. The molecule has 7 nitrogen and oxygen atoms in total. The van der Waals surface area contributed by atoms with Crippen LogP contribution in [0.2, 0.25) is 0 Å². The Hall–Kier alpha value is -3.65. The molecule has 3 aromatic rings. The van der Waals surface area contributed by atoms with Crippen LogP contribution in [0.1, 0.15) is 57.0 Å². The summed E-state index contributed by atoms with van der Waals surface area (Å²) in [5.74, 6) is -0.314. The summed E-state index contributed by atoms with van der Waals surface area (Å²) < 4.78 is 11.5. The topological polar surface area (TPSA) is 93.7 Å². The highest BCUT2D eigenvalue weighted by Crippen LogP contribution is 2.18. The van der Waals surface area contributed by atoms with E-state index in [0.29, 0.717) is 18.8 Å². The quantitative estimate of drug-likeness (QED) is 0.269. The van der Waals surface area contributed by atoms with Crippen LogP contribution in [-0.4, -0.2) is 35.5 Å². The molecule has 0 saturated heterocycles. The van der Waals surface area contributed by atoms with Crippen LogP contribution in [0.5, 0.6) is 5.75 Å². The van der Waals surface area contributed by atoms with E-state index in [1.54, 1.807) is 20.8 Å². The molecule has 0 saturated carbocycles. The van der Waals surface area contributed by atoms with Gasteiger partial charge in [-0.05, 0) is 67.8 Å². The molecule has 0 aliphatic heterocycles. The maximum atomic E-state index is 13.4. The van der Waals surface area contributed by atoms with Crippen LogP contribution in [0.3, 0.4) is 0 Å². The minimum atomic E-state index is -0.924. The lowest BCUT2D eigenvalue weighted by molar-refractivity contribution is -0.158. The lowest BCUT2D eigenvalue weighted by Crippen LogP contribution is -2.53. The lowest BCUT2D eigenvalue weighted by Gasteiger charge is -2.27. The Morgan fingerprint density at radius 1 is 0.850 bits per heavy atom. The van der Waals surface area contributed by atoms with Crippen molar-refractivity contribution < 1.29 is 23.9 Å². The van der Waals surface area contributed by atoms with Crippen LogP contribution in [0.15, 0.2) is 72.1 Å². The minimum absolute atomic E-state index is 0.154. The Bertz CT molecular complexity index is 1220. The van der Waals surface area contributed by atoms with Crippen molar-refractivity contribution in [1.29, 1.82) is 0 Å². The van der Waals surface area contributed by atoms with Gasteiger partial charge in [-0.3, -0.25) is 9.59 Å². The van der Waals surface area contributed by atoms with Crippen molar-refractivity contribution in [2.24, 2.45) is 5.92 Å². The summed E-state index contributed by atoms with van der Waals surface area (Å²) in [7, 11) is 0. The number of benzene rings is 2. The molecule has 0 fully saturated rings. The first-order valence-electron chi connectivity index (χ1n) is 13.6. The molecule has 8 heteroatoms. The van der Waals surface area contributed by atoms with Crippen molar-refractivity contribution in [2.45, 2.75) is 78.2 Å². The Balaban J connectivity index is 1.69. The minimum Gasteiger partial charge on any atom is -0.489 e. The smallest absolute Gasteiger partial charge is 0.329 e. The van der Waals surface area contributed by atoms with Crippen molar-refractivity contribution >= 4 is 29.1 Å². The molecule has 0 aliphatic carbocycles. The fourth-order valence-corrected chi connectivity index (χ4v) is 4.76. The van der Waals surface area contributed by atoms with Crippen molar-refractivity contribution in [1.82, 2.24) is 10.6 Å². The van der Waals surface area contributed by atoms with E-state index in [-0.39, 0.29) is 24.7 Å². The first-order chi connectivity index (χ1) is 19.0. The molecular weight excluding hydrogens is 524 g/mol.